The van der Waals surface area contributed by atoms with Crippen molar-refractivity contribution in [2.24, 2.45) is 5.73 Å². The topological polar surface area (TPSA) is 81.4 Å². The molecule has 0 saturated carbocycles. The predicted octanol–water partition coefficient (Wildman–Crippen LogP) is 0.302. The minimum absolute atomic E-state index is 0.0518. The molecular weight excluding hydrogens is 232 g/mol. The molecule has 5 heteroatoms. The molecule has 1 rings (SSSR count). The summed E-state index contributed by atoms with van der Waals surface area (Å²) >= 11 is 0. The van der Waals surface area contributed by atoms with E-state index in [4.69, 9.17) is 16.9 Å². The van der Waals surface area contributed by atoms with Crippen LogP contribution in [0.3, 0.4) is 0 Å². The number of hydrogen-bond donors (Lipinski definition) is 2. The van der Waals surface area contributed by atoms with E-state index < -0.39 is 17.9 Å². The van der Waals surface area contributed by atoms with E-state index in [1.54, 1.807) is 24.3 Å². The number of nitrogens with two attached hydrogens (primary N) is 1. The third kappa shape index (κ3) is 3.25. The maximum atomic E-state index is 11.9. The van der Waals surface area contributed by atoms with Crippen molar-refractivity contribution in [3.63, 3.8) is 0 Å². The highest BCUT2D eigenvalue weighted by Crippen LogP contribution is 2.17. The molecule has 3 N–H and O–H groups in total. The molecule has 2 amide bonds. The van der Waals surface area contributed by atoms with Crippen molar-refractivity contribution in [3.8, 4) is 18.1 Å². The number of methoxy groups -OCH3 is 1. The van der Waals surface area contributed by atoms with E-state index in [1.165, 1.54) is 7.11 Å². The SMILES string of the molecule is C#CCC(NC(=O)c1ccccc1OC)C(N)=O. The smallest absolute Gasteiger partial charge is 0.255 e. The Bertz CT molecular complexity index is 491. The molecule has 1 unspecified atom stereocenters. The van der Waals surface area contributed by atoms with Gasteiger partial charge in [0, 0.05) is 6.42 Å². The molecule has 0 aromatic heterocycles. The van der Waals surface area contributed by atoms with Gasteiger partial charge in [0.2, 0.25) is 5.91 Å². The largest absolute Gasteiger partial charge is 0.496 e. The molecule has 5 nitrogen and oxygen atoms in total. The first-order chi connectivity index (χ1) is 8.60. The van der Waals surface area contributed by atoms with Crippen LogP contribution in [0.4, 0.5) is 0 Å². The molecule has 0 fully saturated rings. The second-order valence-corrected chi connectivity index (χ2v) is 3.54. The van der Waals surface area contributed by atoms with Crippen LogP contribution in [-0.4, -0.2) is 25.0 Å². The number of carbonyl (C=O) groups excluding carboxylic acids is 2. The van der Waals surface area contributed by atoms with Gasteiger partial charge in [0.15, 0.2) is 0 Å². The van der Waals surface area contributed by atoms with Crippen molar-refractivity contribution in [3.05, 3.63) is 29.8 Å². The molecule has 0 saturated heterocycles. The fourth-order valence-corrected chi connectivity index (χ4v) is 1.41. The van der Waals surface area contributed by atoms with Gasteiger partial charge in [-0.15, -0.1) is 12.3 Å². The second-order valence-electron chi connectivity index (χ2n) is 3.54. The summed E-state index contributed by atoms with van der Waals surface area (Å²) in [5.74, 6) is 1.58. The van der Waals surface area contributed by atoms with Crippen LogP contribution in [0.25, 0.3) is 0 Å². The van der Waals surface area contributed by atoms with Crippen LogP contribution in [0, 0.1) is 12.3 Å². The van der Waals surface area contributed by atoms with Gasteiger partial charge in [0.1, 0.15) is 11.8 Å². The van der Waals surface area contributed by atoms with Gasteiger partial charge in [-0.1, -0.05) is 12.1 Å². The van der Waals surface area contributed by atoms with Crippen LogP contribution in [-0.2, 0) is 4.79 Å². The average Bonchev–Trinajstić information content (AvgIpc) is 2.37. The number of carbonyl (C=O) groups is 2. The summed E-state index contributed by atoms with van der Waals surface area (Å²) in [5.41, 5.74) is 5.46. The summed E-state index contributed by atoms with van der Waals surface area (Å²) in [6.45, 7) is 0. The number of benzene rings is 1. The van der Waals surface area contributed by atoms with Gasteiger partial charge in [-0.25, -0.2) is 0 Å². The summed E-state index contributed by atoms with van der Waals surface area (Å²) in [6.07, 6.45) is 5.16. The minimum Gasteiger partial charge on any atom is -0.496 e. The van der Waals surface area contributed by atoms with E-state index in [2.05, 4.69) is 11.2 Å². The lowest BCUT2D eigenvalue weighted by atomic mass is 10.1. The minimum atomic E-state index is -0.882. The molecule has 1 aromatic rings. The maximum absolute atomic E-state index is 11.9. The van der Waals surface area contributed by atoms with Crippen molar-refractivity contribution in [1.29, 1.82) is 0 Å². The number of nitrogens with one attached hydrogen (secondary N) is 1. The number of primary amides is 1. The third-order valence-electron chi connectivity index (χ3n) is 2.32. The van der Waals surface area contributed by atoms with Gasteiger partial charge < -0.3 is 15.8 Å². The molecular formula is C13H14N2O3. The van der Waals surface area contributed by atoms with E-state index in [9.17, 15) is 9.59 Å². The Morgan fingerprint density at radius 1 is 1.50 bits per heavy atom. The second kappa shape index (κ2) is 6.30. The highest BCUT2D eigenvalue weighted by Gasteiger charge is 2.19. The van der Waals surface area contributed by atoms with E-state index in [-0.39, 0.29) is 6.42 Å². The molecule has 0 aliphatic carbocycles. The Kier molecular flexibility index (Phi) is 4.76. The summed E-state index contributed by atoms with van der Waals surface area (Å²) in [7, 11) is 1.46. The monoisotopic (exact) mass is 246 g/mol. The third-order valence-corrected chi connectivity index (χ3v) is 2.32. The molecule has 1 aromatic carbocycles. The Morgan fingerprint density at radius 2 is 2.17 bits per heavy atom. The van der Waals surface area contributed by atoms with Gasteiger partial charge in [0.05, 0.1) is 12.7 Å². The molecule has 0 aliphatic rings. The number of amides is 2. The zero-order chi connectivity index (χ0) is 13.5. The number of ether oxygens (including phenoxy) is 1. The molecule has 0 spiro atoms. The summed E-state index contributed by atoms with van der Waals surface area (Å²) in [5, 5.41) is 2.47. The molecule has 0 aliphatic heterocycles. The molecule has 18 heavy (non-hydrogen) atoms. The first-order valence-electron chi connectivity index (χ1n) is 5.26. The normalized spacial score (nSPS) is 11.1. The van der Waals surface area contributed by atoms with E-state index in [1.807, 2.05) is 0 Å². The lowest BCUT2D eigenvalue weighted by Crippen LogP contribution is -2.44. The van der Waals surface area contributed by atoms with Gasteiger partial charge in [-0.05, 0) is 12.1 Å². The Balaban J connectivity index is 2.87. The first-order valence-corrected chi connectivity index (χ1v) is 5.26. The number of rotatable bonds is 5. The standard InChI is InChI=1S/C13H14N2O3/c1-3-6-10(12(14)16)15-13(17)9-7-4-5-8-11(9)18-2/h1,4-5,7-8,10H,6H2,2H3,(H2,14,16)(H,15,17). The molecule has 0 heterocycles. The summed E-state index contributed by atoms with van der Waals surface area (Å²) < 4.78 is 5.05. The summed E-state index contributed by atoms with van der Waals surface area (Å²) in [4.78, 5) is 23.0. The zero-order valence-electron chi connectivity index (χ0n) is 9.97. The number of terminal acetylenes is 1. The van der Waals surface area contributed by atoms with Gasteiger partial charge >= 0.3 is 0 Å². The highest BCUT2D eigenvalue weighted by molar-refractivity contribution is 5.99. The van der Waals surface area contributed by atoms with Crippen LogP contribution in [0.2, 0.25) is 0 Å². The Hall–Kier alpha value is -2.48. The van der Waals surface area contributed by atoms with E-state index >= 15 is 0 Å². The van der Waals surface area contributed by atoms with Gasteiger partial charge in [0.25, 0.3) is 5.91 Å². The van der Waals surface area contributed by atoms with Crippen molar-refractivity contribution in [2.45, 2.75) is 12.5 Å². The maximum Gasteiger partial charge on any atom is 0.255 e. The van der Waals surface area contributed by atoms with Crippen molar-refractivity contribution >= 4 is 11.8 Å². The predicted molar refractivity (Wildman–Crippen MR) is 66.9 cm³/mol. The van der Waals surface area contributed by atoms with Crippen LogP contribution in [0.15, 0.2) is 24.3 Å². The zero-order valence-corrected chi connectivity index (χ0v) is 9.97. The van der Waals surface area contributed by atoms with E-state index in [0.29, 0.717) is 11.3 Å². The molecule has 94 valence electrons. The first kappa shape index (κ1) is 13.6. The number of hydrogen-bond acceptors (Lipinski definition) is 3. The average molecular weight is 246 g/mol. The fourth-order valence-electron chi connectivity index (χ4n) is 1.41. The Labute approximate surface area is 105 Å². The highest BCUT2D eigenvalue weighted by atomic mass is 16.5. The van der Waals surface area contributed by atoms with Crippen molar-refractivity contribution in [2.75, 3.05) is 7.11 Å². The molecule has 0 radical (unpaired) electrons. The number of para-hydroxylation sites is 1. The van der Waals surface area contributed by atoms with Crippen LogP contribution in [0.1, 0.15) is 16.8 Å². The fraction of sp³-hybridized carbons (Fsp3) is 0.231. The quantitative estimate of drug-likeness (QED) is 0.733. The Morgan fingerprint density at radius 3 is 2.72 bits per heavy atom. The van der Waals surface area contributed by atoms with Crippen molar-refractivity contribution < 1.29 is 14.3 Å². The lowest BCUT2D eigenvalue weighted by Gasteiger charge is -2.14. The summed E-state index contributed by atoms with van der Waals surface area (Å²) in [6, 6.07) is 5.78. The molecule has 0 bridgehead atoms. The van der Waals surface area contributed by atoms with Crippen LogP contribution < -0.4 is 15.8 Å². The van der Waals surface area contributed by atoms with Crippen LogP contribution in [0.5, 0.6) is 5.75 Å². The van der Waals surface area contributed by atoms with Crippen LogP contribution >= 0.6 is 0 Å². The molecule has 1 atom stereocenters. The van der Waals surface area contributed by atoms with Crippen molar-refractivity contribution in [1.82, 2.24) is 5.32 Å². The van der Waals surface area contributed by atoms with Gasteiger partial charge in [-0.2, -0.15) is 0 Å². The van der Waals surface area contributed by atoms with Gasteiger partial charge in [-0.3, -0.25) is 9.59 Å². The van der Waals surface area contributed by atoms with E-state index in [0.717, 1.165) is 0 Å². The lowest BCUT2D eigenvalue weighted by molar-refractivity contribution is -0.119.